The highest BCUT2D eigenvalue weighted by atomic mass is 16.6. The van der Waals surface area contributed by atoms with E-state index in [0.717, 1.165) is 48.3 Å². The van der Waals surface area contributed by atoms with Gasteiger partial charge in [-0.2, -0.15) is 0 Å². The van der Waals surface area contributed by atoms with E-state index in [0.29, 0.717) is 23.7 Å². The molecule has 4 nitrogen and oxygen atoms in total. The summed E-state index contributed by atoms with van der Waals surface area (Å²) < 4.78 is 0. The van der Waals surface area contributed by atoms with Gasteiger partial charge in [-0.3, -0.25) is 0 Å². The first-order chi connectivity index (χ1) is 10.8. The zero-order valence-corrected chi connectivity index (χ0v) is 13.1. The Hall–Kier alpha value is -1.32. The van der Waals surface area contributed by atoms with Crippen molar-refractivity contribution in [1.29, 1.82) is 0 Å². The van der Waals surface area contributed by atoms with Crippen LogP contribution in [0, 0.1) is 59.2 Å². The van der Waals surface area contributed by atoms with Gasteiger partial charge in [0.2, 0.25) is 0 Å². The first-order valence-corrected chi connectivity index (χ1v) is 8.73. The van der Waals surface area contributed by atoms with Crippen LogP contribution in [0.5, 0.6) is 0 Å². The maximum Gasteiger partial charge on any atom is 0.106 e. The molecular weight excluding hydrogens is 276 g/mol. The molecule has 22 heavy (non-hydrogen) atoms. The minimum atomic E-state index is 0.676. The number of allylic oxidation sites excluding steroid dienone is 2. The first-order valence-electron chi connectivity index (χ1n) is 8.73. The molecule has 0 aromatic carbocycles. The van der Waals surface area contributed by atoms with E-state index in [2.05, 4.69) is 22.5 Å². The topological polar surface area (TPSA) is 43.2 Å². The molecule has 0 aromatic heterocycles. The van der Waals surface area contributed by atoms with Crippen LogP contribution >= 0.6 is 0 Å². The van der Waals surface area contributed by atoms with Crippen LogP contribution in [0.1, 0.15) is 12.8 Å². The molecule has 0 N–H and O–H groups in total. The molecule has 2 unspecified atom stereocenters. The van der Waals surface area contributed by atoms with Gasteiger partial charge in [0.25, 0.3) is 0 Å². The van der Waals surface area contributed by atoms with Gasteiger partial charge in [0.05, 0.1) is 11.4 Å². The van der Waals surface area contributed by atoms with Gasteiger partial charge in [-0.25, -0.2) is 0 Å². The smallest absolute Gasteiger partial charge is 0.106 e. The first kappa shape index (κ1) is 12.1. The summed E-state index contributed by atoms with van der Waals surface area (Å²) in [5, 5.41) is 8.90. The third-order valence-corrected chi connectivity index (χ3v) is 8.05. The number of oxime groups is 2. The summed E-state index contributed by atoms with van der Waals surface area (Å²) in [6.07, 6.45) is 7.35. The molecule has 5 saturated carbocycles. The second-order valence-electron chi connectivity index (χ2n) is 8.17. The molecule has 6 aliphatic rings. The van der Waals surface area contributed by atoms with Gasteiger partial charge in [-0.15, -0.1) is 0 Å². The predicted octanol–water partition coefficient (Wildman–Crippen LogP) is 2.57. The van der Waals surface area contributed by atoms with Crippen molar-refractivity contribution < 1.29 is 9.68 Å². The molecule has 4 heteroatoms. The van der Waals surface area contributed by atoms with E-state index in [1.54, 1.807) is 14.2 Å². The van der Waals surface area contributed by atoms with Gasteiger partial charge in [0.15, 0.2) is 0 Å². The molecule has 6 rings (SSSR count). The van der Waals surface area contributed by atoms with Crippen molar-refractivity contribution >= 4 is 11.4 Å². The van der Waals surface area contributed by atoms with E-state index in [4.69, 9.17) is 9.68 Å². The summed E-state index contributed by atoms with van der Waals surface area (Å²) in [4.78, 5) is 10.4. The van der Waals surface area contributed by atoms with E-state index >= 15 is 0 Å². The summed E-state index contributed by atoms with van der Waals surface area (Å²) in [6, 6.07) is 0. The minimum absolute atomic E-state index is 0.676. The third kappa shape index (κ3) is 1.08. The number of hydrogen-bond acceptors (Lipinski definition) is 4. The maximum absolute atomic E-state index is 5.19. The fourth-order valence-corrected chi connectivity index (χ4v) is 8.09. The Labute approximate surface area is 130 Å². The number of nitrogens with zero attached hydrogens (tertiary/aromatic N) is 2. The normalized spacial score (nSPS) is 61.7. The number of hydrogen-bond donors (Lipinski definition) is 0. The van der Waals surface area contributed by atoms with E-state index in [1.165, 1.54) is 11.4 Å². The quantitative estimate of drug-likeness (QED) is 0.581. The lowest BCUT2D eigenvalue weighted by molar-refractivity contribution is 0.208. The van der Waals surface area contributed by atoms with Gasteiger partial charge in [-0.05, 0) is 60.2 Å². The van der Waals surface area contributed by atoms with Crippen molar-refractivity contribution in [3.8, 4) is 0 Å². The van der Waals surface area contributed by atoms with Crippen molar-refractivity contribution in [3.05, 3.63) is 12.2 Å². The van der Waals surface area contributed by atoms with Gasteiger partial charge in [0.1, 0.15) is 14.2 Å². The third-order valence-electron chi connectivity index (χ3n) is 8.05. The molecule has 0 spiro atoms. The van der Waals surface area contributed by atoms with Crippen molar-refractivity contribution in [2.45, 2.75) is 12.8 Å². The number of fused-ring (bicyclic) bond motifs is 3. The SMILES string of the molecule is CO/N=C1/C[C@H]2[C@H]3C/C(=N/OC)[C@H]4[C@H]3C3C5[C@H](C=C[C@@H]54)[C@H]1[C@@H]32. The fourth-order valence-electron chi connectivity index (χ4n) is 8.09. The predicted molar refractivity (Wildman–Crippen MR) is 82.2 cm³/mol. The van der Waals surface area contributed by atoms with Crippen LogP contribution in [0.25, 0.3) is 0 Å². The summed E-state index contributed by atoms with van der Waals surface area (Å²) in [7, 11) is 3.39. The lowest BCUT2D eigenvalue weighted by Gasteiger charge is -2.21. The molecular formula is C18H22N2O2. The van der Waals surface area contributed by atoms with E-state index in [1.807, 2.05) is 0 Å². The molecule has 0 aliphatic heterocycles. The van der Waals surface area contributed by atoms with Crippen LogP contribution in [-0.4, -0.2) is 25.6 Å². The molecule has 116 valence electrons. The molecule has 0 amide bonds. The van der Waals surface area contributed by atoms with E-state index in [9.17, 15) is 0 Å². The van der Waals surface area contributed by atoms with Crippen LogP contribution < -0.4 is 0 Å². The monoisotopic (exact) mass is 298 g/mol. The van der Waals surface area contributed by atoms with E-state index < -0.39 is 0 Å². The second kappa shape index (κ2) is 3.77. The molecule has 0 bridgehead atoms. The summed E-state index contributed by atoms with van der Waals surface area (Å²) in [5.41, 5.74) is 2.71. The lowest BCUT2D eigenvalue weighted by atomic mass is 9.83. The van der Waals surface area contributed by atoms with Crippen LogP contribution in [0.3, 0.4) is 0 Å². The summed E-state index contributed by atoms with van der Waals surface area (Å²) >= 11 is 0. The van der Waals surface area contributed by atoms with Crippen molar-refractivity contribution in [2.24, 2.45) is 69.5 Å². The van der Waals surface area contributed by atoms with Gasteiger partial charge in [-0.1, -0.05) is 22.5 Å². The summed E-state index contributed by atoms with van der Waals surface area (Å²) in [5.74, 6) is 7.93. The highest BCUT2D eigenvalue weighted by Gasteiger charge is 2.76. The maximum atomic E-state index is 5.19. The summed E-state index contributed by atoms with van der Waals surface area (Å²) in [6.45, 7) is 0. The van der Waals surface area contributed by atoms with Crippen LogP contribution in [0.15, 0.2) is 22.5 Å². The molecule has 0 aromatic rings. The van der Waals surface area contributed by atoms with Gasteiger partial charge < -0.3 is 9.68 Å². The Morgan fingerprint density at radius 2 is 1.27 bits per heavy atom. The van der Waals surface area contributed by atoms with Crippen LogP contribution in [0.2, 0.25) is 0 Å². The standard InChI is InChI=1S/C18H22N2O2/c1-21-19-11-5-9-10-6-12(20-22-2)15-8-4-3-7-13(8)18(17(10)15)16(9)14(7)11/h3-4,7-10,13-18H,5-6H2,1-2H3/b19-11-,20-12-/t7-,8-,9-,10+,13?,14+,15-,16-,17-,18?/m0/s1. The van der Waals surface area contributed by atoms with E-state index in [-0.39, 0.29) is 0 Å². The van der Waals surface area contributed by atoms with Gasteiger partial charge in [0, 0.05) is 11.8 Å². The Kier molecular flexibility index (Phi) is 2.08. The molecule has 0 radical (unpaired) electrons. The molecule has 0 heterocycles. The Bertz CT molecular complexity index is 587. The Balaban J connectivity index is 1.52. The van der Waals surface area contributed by atoms with Gasteiger partial charge >= 0.3 is 0 Å². The molecule has 10 atom stereocenters. The Morgan fingerprint density at radius 1 is 0.773 bits per heavy atom. The number of rotatable bonds is 2. The Morgan fingerprint density at radius 3 is 1.73 bits per heavy atom. The lowest BCUT2D eigenvalue weighted by Crippen LogP contribution is -2.23. The fraction of sp³-hybridized carbons (Fsp3) is 0.778. The second-order valence-corrected chi connectivity index (χ2v) is 8.17. The highest BCUT2D eigenvalue weighted by molar-refractivity contribution is 5.94. The van der Waals surface area contributed by atoms with Crippen molar-refractivity contribution in [1.82, 2.24) is 0 Å². The van der Waals surface area contributed by atoms with Crippen LogP contribution in [-0.2, 0) is 9.68 Å². The minimum Gasteiger partial charge on any atom is -0.399 e. The highest BCUT2D eigenvalue weighted by Crippen LogP contribution is 2.77. The molecule has 5 fully saturated rings. The average Bonchev–Trinajstić information content (AvgIpc) is 3.21. The molecule has 6 aliphatic carbocycles. The van der Waals surface area contributed by atoms with Crippen LogP contribution in [0.4, 0.5) is 0 Å². The van der Waals surface area contributed by atoms with Crippen molar-refractivity contribution in [3.63, 3.8) is 0 Å². The largest absolute Gasteiger partial charge is 0.399 e. The zero-order chi connectivity index (χ0) is 14.6. The van der Waals surface area contributed by atoms with Crippen molar-refractivity contribution in [2.75, 3.05) is 14.2 Å². The zero-order valence-electron chi connectivity index (χ0n) is 13.1. The molecule has 0 saturated heterocycles. The average molecular weight is 298 g/mol.